The molecule has 0 saturated heterocycles. The largest absolute Gasteiger partial charge is 0.496 e. The molecule has 5 nitrogen and oxygen atoms in total. The average Bonchev–Trinajstić information content (AvgIpc) is 2.81. The van der Waals surface area contributed by atoms with Crippen molar-refractivity contribution in [2.45, 2.75) is 12.8 Å². The van der Waals surface area contributed by atoms with Crippen LogP contribution in [-0.2, 0) is 12.8 Å². The molecular weight excluding hydrogens is 536 g/mol. The molecule has 0 bridgehead atoms. The zero-order chi connectivity index (χ0) is 22.9. The fourth-order valence-corrected chi connectivity index (χ4v) is 3.70. The number of hydrogen-bond donors (Lipinski definition) is 2. The number of nitrogens with one attached hydrogen (secondary N) is 2. The molecule has 0 aliphatic rings. The Hall–Kier alpha value is -2.64. The van der Waals surface area contributed by atoms with Crippen LogP contribution in [-0.4, -0.2) is 32.0 Å². The quantitative estimate of drug-likeness (QED) is 0.380. The number of rotatable bonds is 9. The summed E-state index contributed by atoms with van der Waals surface area (Å²) in [5.41, 5.74) is 3.01. The van der Waals surface area contributed by atoms with E-state index in [1.807, 2.05) is 48.5 Å². The van der Waals surface area contributed by atoms with Crippen molar-refractivity contribution in [3.63, 3.8) is 0 Å². The lowest BCUT2D eigenvalue weighted by Crippen LogP contribution is -2.28. The minimum atomic E-state index is -0.275. The van der Waals surface area contributed by atoms with Crippen molar-refractivity contribution in [2.24, 2.45) is 0 Å². The molecule has 2 N–H and O–H groups in total. The molecule has 0 aliphatic heterocycles. The van der Waals surface area contributed by atoms with Gasteiger partial charge in [-0.2, -0.15) is 0 Å². The van der Waals surface area contributed by atoms with E-state index in [0.717, 1.165) is 26.5 Å². The molecule has 0 heterocycles. The van der Waals surface area contributed by atoms with Gasteiger partial charge in [-0.1, -0.05) is 56.1 Å². The van der Waals surface area contributed by atoms with Gasteiger partial charge in [0.2, 0.25) is 0 Å². The Kier molecular flexibility index (Phi) is 8.88. The molecular formula is C25H24Br2N2O3. The number of halogens is 2. The van der Waals surface area contributed by atoms with Crippen molar-refractivity contribution in [1.29, 1.82) is 0 Å². The van der Waals surface area contributed by atoms with Gasteiger partial charge < -0.3 is 15.4 Å². The summed E-state index contributed by atoms with van der Waals surface area (Å²) >= 11 is 6.83. The van der Waals surface area contributed by atoms with Crippen molar-refractivity contribution in [3.05, 3.63) is 97.9 Å². The highest BCUT2D eigenvalue weighted by molar-refractivity contribution is 9.10. The summed E-state index contributed by atoms with van der Waals surface area (Å²) in [6.45, 7) is 0.981. The first kappa shape index (κ1) is 24.0. The SMILES string of the molecule is COc1ccc(C(=O)NCCc2ccc(Br)cc2)cc1C(=O)NCCc1ccc(Br)cc1. The van der Waals surface area contributed by atoms with Crippen LogP contribution in [0.5, 0.6) is 5.75 Å². The summed E-state index contributed by atoms with van der Waals surface area (Å²) in [5, 5.41) is 5.81. The maximum atomic E-state index is 12.7. The van der Waals surface area contributed by atoms with Crippen LogP contribution in [0.2, 0.25) is 0 Å². The summed E-state index contributed by atoms with van der Waals surface area (Å²) in [7, 11) is 1.51. The van der Waals surface area contributed by atoms with Gasteiger partial charge in [0.25, 0.3) is 11.8 Å². The van der Waals surface area contributed by atoms with Crippen LogP contribution < -0.4 is 15.4 Å². The van der Waals surface area contributed by atoms with Crippen LogP contribution in [0.4, 0.5) is 0 Å². The molecule has 0 saturated carbocycles. The molecule has 0 aliphatic carbocycles. The van der Waals surface area contributed by atoms with E-state index in [2.05, 4.69) is 42.5 Å². The second kappa shape index (κ2) is 11.8. The first-order valence-electron chi connectivity index (χ1n) is 10.2. The fourth-order valence-electron chi connectivity index (χ4n) is 3.17. The van der Waals surface area contributed by atoms with Gasteiger partial charge in [0.05, 0.1) is 12.7 Å². The first-order chi connectivity index (χ1) is 15.5. The van der Waals surface area contributed by atoms with Crippen molar-refractivity contribution in [2.75, 3.05) is 20.2 Å². The average molecular weight is 560 g/mol. The van der Waals surface area contributed by atoms with Gasteiger partial charge in [-0.15, -0.1) is 0 Å². The van der Waals surface area contributed by atoms with E-state index < -0.39 is 0 Å². The maximum absolute atomic E-state index is 12.7. The third kappa shape index (κ3) is 6.93. The zero-order valence-electron chi connectivity index (χ0n) is 17.7. The number of carbonyl (C=O) groups is 2. The normalized spacial score (nSPS) is 10.5. The summed E-state index contributed by atoms with van der Waals surface area (Å²) in [4.78, 5) is 25.3. The molecule has 7 heteroatoms. The van der Waals surface area contributed by atoms with Gasteiger partial charge >= 0.3 is 0 Å². The van der Waals surface area contributed by atoms with Crippen molar-refractivity contribution in [1.82, 2.24) is 10.6 Å². The van der Waals surface area contributed by atoms with Gasteiger partial charge in [-0.25, -0.2) is 0 Å². The van der Waals surface area contributed by atoms with E-state index in [-0.39, 0.29) is 11.8 Å². The summed E-state index contributed by atoms with van der Waals surface area (Å²) in [5.74, 6) is -0.0743. The Morgan fingerprint density at radius 3 is 1.75 bits per heavy atom. The molecule has 32 heavy (non-hydrogen) atoms. The molecule has 0 spiro atoms. The van der Waals surface area contributed by atoms with Crippen LogP contribution in [0.1, 0.15) is 31.8 Å². The van der Waals surface area contributed by atoms with Gasteiger partial charge in [0, 0.05) is 27.6 Å². The van der Waals surface area contributed by atoms with Gasteiger partial charge in [-0.3, -0.25) is 9.59 Å². The molecule has 0 unspecified atom stereocenters. The van der Waals surface area contributed by atoms with Crippen LogP contribution in [0.3, 0.4) is 0 Å². The lowest BCUT2D eigenvalue weighted by Gasteiger charge is -2.12. The van der Waals surface area contributed by atoms with Crippen molar-refractivity contribution in [3.8, 4) is 5.75 Å². The molecule has 3 aromatic rings. The topological polar surface area (TPSA) is 67.4 Å². The third-order valence-electron chi connectivity index (χ3n) is 4.93. The molecule has 166 valence electrons. The van der Waals surface area contributed by atoms with Crippen LogP contribution in [0.15, 0.2) is 75.7 Å². The zero-order valence-corrected chi connectivity index (χ0v) is 20.8. The first-order valence-corrected chi connectivity index (χ1v) is 11.8. The highest BCUT2D eigenvalue weighted by Gasteiger charge is 2.16. The second-order valence-corrected chi connectivity index (χ2v) is 9.01. The molecule has 0 fully saturated rings. The Morgan fingerprint density at radius 2 is 1.25 bits per heavy atom. The third-order valence-corrected chi connectivity index (χ3v) is 5.99. The van der Waals surface area contributed by atoms with Gasteiger partial charge in [0.1, 0.15) is 5.75 Å². The summed E-state index contributed by atoms with van der Waals surface area (Å²) in [6.07, 6.45) is 1.43. The van der Waals surface area contributed by atoms with Gasteiger partial charge in [-0.05, 0) is 66.4 Å². The van der Waals surface area contributed by atoms with Crippen LogP contribution in [0.25, 0.3) is 0 Å². The lowest BCUT2D eigenvalue weighted by molar-refractivity contribution is 0.0951. The lowest BCUT2D eigenvalue weighted by atomic mass is 10.1. The molecule has 3 aromatic carbocycles. The highest BCUT2D eigenvalue weighted by atomic mass is 79.9. The Morgan fingerprint density at radius 1 is 0.750 bits per heavy atom. The smallest absolute Gasteiger partial charge is 0.255 e. The number of amides is 2. The minimum Gasteiger partial charge on any atom is -0.496 e. The molecule has 2 amide bonds. The number of benzene rings is 3. The standard InChI is InChI=1S/C25H24Br2N2O3/c1-32-23-11-6-19(24(30)28-14-12-17-2-7-20(26)8-3-17)16-22(23)25(31)29-15-13-18-4-9-21(27)10-5-18/h2-11,16H,12-15H2,1H3,(H,28,30)(H,29,31). The Labute approximate surface area is 204 Å². The second-order valence-electron chi connectivity index (χ2n) is 7.18. The van der Waals surface area contributed by atoms with E-state index in [4.69, 9.17) is 4.74 Å². The number of hydrogen-bond acceptors (Lipinski definition) is 3. The van der Waals surface area contributed by atoms with Gasteiger partial charge in [0.15, 0.2) is 0 Å². The maximum Gasteiger partial charge on any atom is 0.255 e. The van der Waals surface area contributed by atoms with E-state index in [0.29, 0.717) is 36.4 Å². The van der Waals surface area contributed by atoms with E-state index in [1.165, 1.54) is 7.11 Å². The van der Waals surface area contributed by atoms with Crippen LogP contribution in [0, 0.1) is 0 Å². The van der Waals surface area contributed by atoms with Crippen molar-refractivity contribution >= 4 is 43.7 Å². The van der Waals surface area contributed by atoms with E-state index in [1.54, 1.807) is 18.2 Å². The fraction of sp³-hybridized carbons (Fsp3) is 0.200. The summed E-state index contributed by atoms with van der Waals surface area (Å²) in [6, 6.07) is 20.8. The highest BCUT2D eigenvalue weighted by Crippen LogP contribution is 2.20. The molecule has 0 aromatic heterocycles. The van der Waals surface area contributed by atoms with E-state index in [9.17, 15) is 9.59 Å². The number of ether oxygens (including phenoxy) is 1. The Balaban J connectivity index is 1.58. The predicted molar refractivity (Wildman–Crippen MR) is 133 cm³/mol. The summed E-state index contributed by atoms with van der Waals surface area (Å²) < 4.78 is 7.36. The number of carbonyl (C=O) groups excluding carboxylic acids is 2. The molecule has 0 radical (unpaired) electrons. The monoisotopic (exact) mass is 558 g/mol. The van der Waals surface area contributed by atoms with Crippen LogP contribution >= 0.6 is 31.9 Å². The van der Waals surface area contributed by atoms with E-state index >= 15 is 0 Å². The molecule has 0 atom stereocenters. The minimum absolute atomic E-state index is 0.228. The molecule has 3 rings (SSSR count). The Bertz CT molecular complexity index is 1070. The number of methoxy groups -OCH3 is 1. The van der Waals surface area contributed by atoms with Crippen molar-refractivity contribution < 1.29 is 14.3 Å². The predicted octanol–water partition coefficient (Wildman–Crippen LogP) is 5.17.